The maximum atomic E-state index is 12.7. The number of carbonyl (C=O) groups excluding carboxylic acids is 1. The normalized spacial score (nSPS) is 28.9. The van der Waals surface area contributed by atoms with Crippen LogP contribution in [-0.2, 0) is 0 Å². The molecule has 0 amide bonds. The van der Waals surface area contributed by atoms with Crippen molar-refractivity contribution in [1.82, 2.24) is 14.9 Å². The van der Waals surface area contributed by atoms with E-state index < -0.39 is 0 Å². The Balaban J connectivity index is 1.61. The molecule has 2 atom stereocenters. The number of hydrogen-bond donors (Lipinski definition) is 0. The average molecular weight is 281 g/mol. The summed E-state index contributed by atoms with van der Waals surface area (Å²) in [6.07, 6.45) is 6.05. The monoisotopic (exact) mass is 281 g/mol. The SMILES string of the molecule is CN1C2CCC1CC(C(=O)c1cnc3ccccc3n1)C2. The maximum absolute atomic E-state index is 12.7. The highest BCUT2D eigenvalue weighted by atomic mass is 16.1. The predicted molar refractivity (Wildman–Crippen MR) is 81.2 cm³/mol. The van der Waals surface area contributed by atoms with Gasteiger partial charge in [0, 0.05) is 18.0 Å². The standard InChI is InChI=1S/C17H19N3O/c1-20-12-6-7-13(20)9-11(8-12)17(21)16-10-18-14-4-2-3-5-15(14)19-16/h2-5,10-13H,6-9H2,1H3. The van der Waals surface area contributed by atoms with E-state index in [0.29, 0.717) is 17.8 Å². The molecule has 2 aliphatic heterocycles. The zero-order chi connectivity index (χ0) is 14.4. The van der Waals surface area contributed by atoms with Crippen LogP contribution in [0.15, 0.2) is 30.5 Å². The van der Waals surface area contributed by atoms with E-state index in [2.05, 4.69) is 21.9 Å². The first-order chi connectivity index (χ1) is 10.2. The first kappa shape index (κ1) is 12.9. The lowest BCUT2D eigenvalue weighted by Crippen LogP contribution is -2.42. The van der Waals surface area contributed by atoms with Crippen molar-refractivity contribution in [3.8, 4) is 0 Å². The third-order valence-corrected chi connectivity index (χ3v) is 5.17. The topological polar surface area (TPSA) is 46.1 Å². The maximum Gasteiger partial charge on any atom is 0.185 e. The Kier molecular flexibility index (Phi) is 3.00. The summed E-state index contributed by atoms with van der Waals surface area (Å²) in [6, 6.07) is 8.86. The summed E-state index contributed by atoms with van der Waals surface area (Å²) in [4.78, 5) is 24.1. The third-order valence-electron chi connectivity index (χ3n) is 5.17. The van der Waals surface area contributed by atoms with E-state index in [9.17, 15) is 4.79 Å². The Morgan fingerprint density at radius 2 is 1.81 bits per heavy atom. The predicted octanol–water partition coefficient (Wildman–Crippen LogP) is 2.69. The molecule has 0 aliphatic carbocycles. The molecule has 1 aromatic heterocycles. The van der Waals surface area contributed by atoms with Gasteiger partial charge in [-0.25, -0.2) is 4.98 Å². The molecule has 2 fully saturated rings. The quantitative estimate of drug-likeness (QED) is 0.794. The van der Waals surface area contributed by atoms with Crippen LogP contribution in [0.2, 0.25) is 0 Å². The molecule has 3 heterocycles. The summed E-state index contributed by atoms with van der Waals surface area (Å²) in [6.45, 7) is 0. The Morgan fingerprint density at radius 3 is 2.52 bits per heavy atom. The van der Waals surface area contributed by atoms with Crippen LogP contribution in [0.5, 0.6) is 0 Å². The van der Waals surface area contributed by atoms with Gasteiger partial charge < -0.3 is 4.90 Å². The van der Waals surface area contributed by atoms with Crippen molar-refractivity contribution < 1.29 is 4.79 Å². The van der Waals surface area contributed by atoms with Crippen LogP contribution < -0.4 is 0 Å². The largest absolute Gasteiger partial charge is 0.300 e. The highest BCUT2D eigenvalue weighted by Crippen LogP contribution is 2.38. The Morgan fingerprint density at radius 1 is 1.14 bits per heavy atom. The van der Waals surface area contributed by atoms with Crippen LogP contribution in [0.25, 0.3) is 11.0 Å². The molecular formula is C17H19N3O. The fourth-order valence-corrected chi connectivity index (χ4v) is 3.91. The van der Waals surface area contributed by atoms with E-state index in [0.717, 1.165) is 23.9 Å². The van der Waals surface area contributed by atoms with E-state index in [-0.39, 0.29) is 11.7 Å². The highest BCUT2D eigenvalue weighted by Gasteiger charge is 2.41. The van der Waals surface area contributed by atoms with Crippen molar-refractivity contribution in [1.29, 1.82) is 0 Å². The van der Waals surface area contributed by atoms with Crippen LogP contribution in [0.3, 0.4) is 0 Å². The number of piperidine rings is 1. The lowest BCUT2D eigenvalue weighted by Gasteiger charge is -2.35. The molecule has 0 N–H and O–H groups in total. The molecule has 4 nitrogen and oxygen atoms in total. The van der Waals surface area contributed by atoms with Gasteiger partial charge in [0.05, 0.1) is 17.2 Å². The van der Waals surface area contributed by atoms with Crippen LogP contribution in [0.1, 0.15) is 36.2 Å². The van der Waals surface area contributed by atoms with Gasteiger partial charge in [-0.2, -0.15) is 0 Å². The number of ketones is 1. The molecule has 2 saturated heterocycles. The summed E-state index contributed by atoms with van der Waals surface area (Å²) >= 11 is 0. The Labute approximate surface area is 124 Å². The van der Waals surface area contributed by atoms with Crippen LogP contribution >= 0.6 is 0 Å². The second-order valence-electron chi connectivity index (χ2n) is 6.33. The van der Waals surface area contributed by atoms with Gasteiger partial charge in [0.25, 0.3) is 0 Å². The number of para-hydroxylation sites is 2. The van der Waals surface area contributed by atoms with Crippen molar-refractivity contribution in [2.75, 3.05) is 7.05 Å². The number of aromatic nitrogens is 2. The van der Waals surface area contributed by atoms with Gasteiger partial charge >= 0.3 is 0 Å². The number of fused-ring (bicyclic) bond motifs is 3. The number of carbonyl (C=O) groups is 1. The van der Waals surface area contributed by atoms with Gasteiger partial charge in [0.15, 0.2) is 5.78 Å². The van der Waals surface area contributed by atoms with Gasteiger partial charge in [0.2, 0.25) is 0 Å². The molecule has 4 heteroatoms. The Bertz CT molecular complexity index is 685. The summed E-state index contributed by atoms with van der Waals surface area (Å²) < 4.78 is 0. The first-order valence-electron chi connectivity index (χ1n) is 7.70. The highest BCUT2D eigenvalue weighted by molar-refractivity contribution is 5.97. The summed E-state index contributed by atoms with van der Waals surface area (Å²) in [7, 11) is 2.19. The minimum atomic E-state index is 0.120. The van der Waals surface area contributed by atoms with Gasteiger partial charge in [-0.1, -0.05) is 12.1 Å². The van der Waals surface area contributed by atoms with E-state index in [1.165, 1.54) is 12.8 Å². The van der Waals surface area contributed by atoms with Crippen LogP contribution in [-0.4, -0.2) is 39.8 Å². The van der Waals surface area contributed by atoms with Crippen LogP contribution in [0, 0.1) is 5.92 Å². The number of Topliss-reactive ketones (excluding diaryl/α,β-unsaturated/α-hetero) is 1. The smallest absolute Gasteiger partial charge is 0.185 e. The zero-order valence-corrected chi connectivity index (χ0v) is 12.2. The summed E-state index contributed by atoms with van der Waals surface area (Å²) in [5.41, 5.74) is 2.18. The van der Waals surface area contributed by atoms with E-state index in [4.69, 9.17) is 0 Å². The number of rotatable bonds is 2. The lowest BCUT2D eigenvalue weighted by atomic mass is 9.86. The second kappa shape index (κ2) is 4.88. The molecule has 2 aromatic rings. The van der Waals surface area contributed by atoms with Crippen molar-refractivity contribution in [3.05, 3.63) is 36.2 Å². The molecule has 21 heavy (non-hydrogen) atoms. The fraction of sp³-hybridized carbons (Fsp3) is 0.471. The van der Waals surface area contributed by atoms with Gasteiger partial charge in [0.1, 0.15) is 5.69 Å². The summed E-state index contributed by atoms with van der Waals surface area (Å²) in [5, 5.41) is 0. The van der Waals surface area contributed by atoms with Crippen LogP contribution in [0.4, 0.5) is 0 Å². The van der Waals surface area contributed by atoms with Crippen molar-refractivity contribution in [2.45, 2.75) is 37.8 Å². The molecule has 0 spiro atoms. The van der Waals surface area contributed by atoms with E-state index >= 15 is 0 Å². The van der Waals surface area contributed by atoms with Gasteiger partial charge in [-0.3, -0.25) is 9.78 Å². The molecule has 108 valence electrons. The van der Waals surface area contributed by atoms with E-state index in [1.807, 2.05) is 24.3 Å². The number of nitrogens with zero attached hydrogens (tertiary/aromatic N) is 3. The molecule has 1 aromatic carbocycles. The average Bonchev–Trinajstić information content (AvgIpc) is 2.75. The number of benzene rings is 1. The van der Waals surface area contributed by atoms with Crippen molar-refractivity contribution in [3.63, 3.8) is 0 Å². The molecule has 4 rings (SSSR count). The second-order valence-corrected chi connectivity index (χ2v) is 6.33. The van der Waals surface area contributed by atoms with Crippen molar-refractivity contribution in [2.24, 2.45) is 5.92 Å². The van der Waals surface area contributed by atoms with Gasteiger partial charge in [-0.15, -0.1) is 0 Å². The fourth-order valence-electron chi connectivity index (χ4n) is 3.91. The third kappa shape index (κ3) is 2.14. The minimum absolute atomic E-state index is 0.120. The molecule has 0 saturated carbocycles. The zero-order valence-electron chi connectivity index (χ0n) is 12.2. The van der Waals surface area contributed by atoms with Gasteiger partial charge in [-0.05, 0) is 44.9 Å². The number of hydrogen-bond acceptors (Lipinski definition) is 4. The summed E-state index contributed by atoms with van der Waals surface area (Å²) in [5.74, 6) is 0.299. The van der Waals surface area contributed by atoms with E-state index in [1.54, 1.807) is 6.20 Å². The molecule has 0 radical (unpaired) electrons. The first-order valence-corrected chi connectivity index (χ1v) is 7.70. The Hall–Kier alpha value is -1.81. The molecule has 2 unspecified atom stereocenters. The molecule has 2 bridgehead atoms. The van der Waals surface area contributed by atoms with Crippen molar-refractivity contribution >= 4 is 16.8 Å². The molecular weight excluding hydrogens is 262 g/mol. The minimum Gasteiger partial charge on any atom is -0.300 e. The lowest BCUT2D eigenvalue weighted by molar-refractivity contribution is 0.0762. The molecule has 2 aliphatic rings.